The summed E-state index contributed by atoms with van der Waals surface area (Å²) >= 11 is 0. The van der Waals surface area contributed by atoms with Crippen LogP contribution in [-0.2, 0) is 10.2 Å². The van der Waals surface area contributed by atoms with E-state index in [1.165, 1.54) is 11.9 Å². The largest absolute Gasteiger partial charge is 0.379 e. The summed E-state index contributed by atoms with van der Waals surface area (Å²) in [5.74, 6) is 0.0134. The van der Waals surface area contributed by atoms with Crippen molar-refractivity contribution >= 4 is 18.1 Å². The minimum Gasteiger partial charge on any atom is -0.379 e. The van der Waals surface area contributed by atoms with Crippen molar-refractivity contribution in [1.82, 2.24) is 19.8 Å². The molecule has 4 rings (SSSR count). The molecule has 0 radical (unpaired) electrons. The Hall–Kier alpha value is -2.57. The number of piperidine rings is 1. The maximum absolute atomic E-state index is 13.2. The summed E-state index contributed by atoms with van der Waals surface area (Å²) in [5, 5.41) is 0. The van der Waals surface area contributed by atoms with Gasteiger partial charge in [0.1, 0.15) is 12.0 Å². The van der Waals surface area contributed by atoms with Crippen LogP contribution in [0.3, 0.4) is 0 Å². The van der Waals surface area contributed by atoms with E-state index in [0.29, 0.717) is 11.7 Å². The zero-order chi connectivity index (χ0) is 23.4. The molecule has 6 heteroatoms. The van der Waals surface area contributed by atoms with E-state index >= 15 is 0 Å². The van der Waals surface area contributed by atoms with Gasteiger partial charge in [-0.25, -0.2) is 9.97 Å². The number of hydrogen-bond donors (Lipinski definition) is 0. The zero-order valence-electron chi connectivity index (χ0n) is 20.4. The molecule has 1 aromatic heterocycles. The van der Waals surface area contributed by atoms with Gasteiger partial charge in [0, 0.05) is 37.8 Å². The highest BCUT2D eigenvalue weighted by atomic mass is 16.5. The number of carbonyl (C=O) groups excluding carboxylic acids is 1. The van der Waals surface area contributed by atoms with Gasteiger partial charge in [-0.05, 0) is 42.4 Å². The average Bonchev–Trinajstić information content (AvgIpc) is 2.83. The molecule has 33 heavy (non-hydrogen) atoms. The summed E-state index contributed by atoms with van der Waals surface area (Å²) in [6, 6.07) is 9.13. The lowest BCUT2D eigenvalue weighted by Crippen LogP contribution is -2.50. The lowest BCUT2D eigenvalue weighted by atomic mass is 9.87. The summed E-state index contributed by atoms with van der Waals surface area (Å²) in [6.45, 7) is 13.8. The molecule has 3 heterocycles. The summed E-state index contributed by atoms with van der Waals surface area (Å²) in [7, 11) is 0. The summed E-state index contributed by atoms with van der Waals surface area (Å²) in [5.41, 5.74) is 4.69. The Morgan fingerprint density at radius 1 is 1.00 bits per heavy atom. The van der Waals surface area contributed by atoms with Crippen molar-refractivity contribution in [3.8, 4) is 0 Å². The first kappa shape index (κ1) is 23.6. The van der Waals surface area contributed by atoms with Gasteiger partial charge in [-0.2, -0.15) is 0 Å². The van der Waals surface area contributed by atoms with E-state index in [1.54, 1.807) is 0 Å². The van der Waals surface area contributed by atoms with Crippen LogP contribution in [0.15, 0.2) is 30.6 Å². The molecule has 2 fully saturated rings. The van der Waals surface area contributed by atoms with Gasteiger partial charge in [-0.3, -0.25) is 9.69 Å². The molecule has 0 aliphatic carbocycles. The average molecular weight is 449 g/mol. The highest BCUT2D eigenvalue weighted by Gasteiger charge is 2.29. The Kier molecular flexibility index (Phi) is 7.25. The van der Waals surface area contributed by atoms with Crippen LogP contribution in [0.1, 0.15) is 66.5 Å². The first-order valence-corrected chi connectivity index (χ1v) is 12.0. The minimum absolute atomic E-state index is 0.0134. The Morgan fingerprint density at radius 2 is 1.67 bits per heavy atom. The van der Waals surface area contributed by atoms with E-state index in [4.69, 9.17) is 4.74 Å². The second-order valence-electron chi connectivity index (χ2n) is 10.1. The van der Waals surface area contributed by atoms with Gasteiger partial charge in [-0.15, -0.1) is 0 Å². The van der Waals surface area contributed by atoms with Gasteiger partial charge in [0.15, 0.2) is 0 Å². The Labute approximate surface area is 197 Å². The van der Waals surface area contributed by atoms with Crippen LogP contribution in [-0.4, -0.2) is 71.1 Å². The first-order chi connectivity index (χ1) is 15.8. The van der Waals surface area contributed by atoms with Gasteiger partial charge < -0.3 is 9.64 Å². The van der Waals surface area contributed by atoms with Crippen LogP contribution < -0.4 is 0 Å². The number of hydrogen-bond acceptors (Lipinski definition) is 5. The summed E-state index contributed by atoms with van der Waals surface area (Å²) < 4.78 is 5.47. The van der Waals surface area contributed by atoms with E-state index in [2.05, 4.69) is 59.9 Å². The molecule has 2 aromatic rings. The van der Waals surface area contributed by atoms with E-state index in [0.717, 1.165) is 69.1 Å². The SMILES string of the molecule is Cc1c(C=Cc2ccc(C(C)(C)C)cc2)ncnc1C(=O)N1CCC(N2CCOCC2)CC1. The number of nitrogens with zero attached hydrogens (tertiary/aromatic N) is 4. The number of morpholine rings is 1. The molecule has 0 unspecified atom stereocenters. The van der Waals surface area contributed by atoms with E-state index in [-0.39, 0.29) is 11.3 Å². The van der Waals surface area contributed by atoms with Gasteiger partial charge in [0.2, 0.25) is 0 Å². The Balaban J connectivity index is 1.41. The molecule has 0 spiro atoms. The van der Waals surface area contributed by atoms with Gasteiger partial charge >= 0.3 is 0 Å². The van der Waals surface area contributed by atoms with Gasteiger partial charge in [0.25, 0.3) is 5.91 Å². The molecule has 0 atom stereocenters. The smallest absolute Gasteiger partial charge is 0.272 e. The zero-order valence-corrected chi connectivity index (χ0v) is 20.4. The van der Waals surface area contributed by atoms with Gasteiger partial charge in [-0.1, -0.05) is 51.1 Å². The molecule has 0 N–H and O–H groups in total. The molecule has 6 nitrogen and oxygen atoms in total. The quantitative estimate of drug-likeness (QED) is 0.702. The van der Waals surface area contributed by atoms with Crippen LogP contribution in [0, 0.1) is 6.92 Å². The van der Waals surface area contributed by atoms with Crippen molar-refractivity contribution in [1.29, 1.82) is 0 Å². The van der Waals surface area contributed by atoms with Crippen molar-refractivity contribution in [3.05, 3.63) is 58.7 Å². The minimum atomic E-state index is 0.0134. The number of amides is 1. The lowest BCUT2D eigenvalue weighted by Gasteiger charge is -2.40. The fourth-order valence-electron chi connectivity index (χ4n) is 4.64. The van der Waals surface area contributed by atoms with Crippen molar-refractivity contribution in [3.63, 3.8) is 0 Å². The number of carbonyl (C=O) groups is 1. The number of benzene rings is 1. The molecule has 176 valence electrons. The highest BCUT2D eigenvalue weighted by molar-refractivity contribution is 5.94. The second kappa shape index (κ2) is 10.1. The third-order valence-corrected chi connectivity index (χ3v) is 6.85. The third-order valence-electron chi connectivity index (χ3n) is 6.85. The molecule has 1 amide bonds. The fraction of sp³-hybridized carbons (Fsp3) is 0.519. The number of aromatic nitrogens is 2. The maximum Gasteiger partial charge on any atom is 0.272 e. The molecule has 1 aromatic carbocycles. The standard InChI is InChI=1S/C27H36N4O2/c1-20-24(10-7-21-5-8-22(9-6-21)27(2,3)4)28-19-29-25(20)26(32)31-13-11-23(12-14-31)30-15-17-33-18-16-30/h5-10,19,23H,11-18H2,1-4H3. The fourth-order valence-corrected chi connectivity index (χ4v) is 4.64. The Morgan fingerprint density at radius 3 is 2.30 bits per heavy atom. The van der Waals surface area contributed by atoms with Crippen molar-refractivity contribution in [2.45, 2.75) is 52.0 Å². The summed E-state index contributed by atoms with van der Waals surface area (Å²) in [4.78, 5) is 26.5. The monoisotopic (exact) mass is 448 g/mol. The normalized spacial score (nSPS) is 18.7. The van der Waals surface area contributed by atoms with Crippen molar-refractivity contribution in [2.75, 3.05) is 39.4 Å². The van der Waals surface area contributed by atoms with E-state index < -0.39 is 0 Å². The van der Waals surface area contributed by atoms with Crippen molar-refractivity contribution < 1.29 is 9.53 Å². The van der Waals surface area contributed by atoms with Crippen LogP contribution >= 0.6 is 0 Å². The second-order valence-corrected chi connectivity index (χ2v) is 10.1. The maximum atomic E-state index is 13.2. The molecule has 0 saturated carbocycles. The van der Waals surface area contributed by atoms with Crippen LogP contribution in [0.5, 0.6) is 0 Å². The third kappa shape index (κ3) is 5.68. The van der Waals surface area contributed by atoms with Crippen LogP contribution in [0.2, 0.25) is 0 Å². The number of likely N-dealkylation sites (tertiary alicyclic amines) is 1. The van der Waals surface area contributed by atoms with E-state index in [9.17, 15) is 4.79 Å². The number of ether oxygens (including phenoxy) is 1. The van der Waals surface area contributed by atoms with E-state index in [1.807, 2.05) is 24.0 Å². The Bertz CT molecular complexity index is 980. The lowest BCUT2D eigenvalue weighted by molar-refractivity contribution is 0.00151. The first-order valence-electron chi connectivity index (χ1n) is 12.0. The molecular weight excluding hydrogens is 412 g/mol. The predicted octanol–water partition coefficient (Wildman–Crippen LogP) is 4.19. The topological polar surface area (TPSA) is 58.6 Å². The van der Waals surface area contributed by atoms with Crippen LogP contribution in [0.25, 0.3) is 12.2 Å². The molecular formula is C27H36N4O2. The molecule has 2 saturated heterocycles. The molecule has 2 aliphatic rings. The summed E-state index contributed by atoms with van der Waals surface area (Å²) in [6.07, 6.45) is 7.54. The van der Waals surface area contributed by atoms with Crippen LogP contribution in [0.4, 0.5) is 0 Å². The molecule has 0 bridgehead atoms. The van der Waals surface area contributed by atoms with Gasteiger partial charge in [0.05, 0.1) is 18.9 Å². The highest BCUT2D eigenvalue weighted by Crippen LogP contribution is 2.24. The molecule has 2 aliphatic heterocycles. The predicted molar refractivity (Wildman–Crippen MR) is 132 cm³/mol. The number of rotatable bonds is 4. The van der Waals surface area contributed by atoms with Crippen molar-refractivity contribution in [2.24, 2.45) is 0 Å².